The Bertz CT molecular complexity index is 988. The minimum absolute atomic E-state index is 0.308. The van der Waals surface area contributed by atoms with Crippen molar-refractivity contribution in [1.29, 1.82) is 0 Å². The molecule has 0 atom stereocenters. The molecule has 0 spiro atoms. The molecule has 2 aromatic carbocycles. The van der Waals surface area contributed by atoms with E-state index in [0.29, 0.717) is 17.9 Å². The van der Waals surface area contributed by atoms with Gasteiger partial charge in [0.15, 0.2) is 5.82 Å². The molecule has 0 fully saturated rings. The van der Waals surface area contributed by atoms with Crippen LogP contribution in [0.4, 0.5) is 0 Å². The molecule has 0 radical (unpaired) electrons. The largest absolute Gasteiger partial charge is 0.478 e. The average Bonchev–Trinajstić information content (AvgIpc) is 3.07. The van der Waals surface area contributed by atoms with Crippen molar-refractivity contribution in [3.05, 3.63) is 84.0 Å². The Labute approximate surface area is 171 Å². The number of benzene rings is 2. The second-order valence-corrected chi connectivity index (χ2v) is 7.57. The molecule has 1 N–H and O–H groups in total. The minimum Gasteiger partial charge on any atom is -0.478 e. The van der Waals surface area contributed by atoms with Crippen LogP contribution in [0.3, 0.4) is 0 Å². The van der Waals surface area contributed by atoms with Gasteiger partial charge in [0, 0.05) is 19.4 Å². The zero-order valence-electron chi connectivity index (χ0n) is 17.0. The van der Waals surface area contributed by atoms with E-state index in [1.165, 1.54) is 0 Å². The Hall–Kier alpha value is -3.21. The molecule has 0 aliphatic carbocycles. The summed E-state index contributed by atoms with van der Waals surface area (Å²) in [7, 11) is 0. The molecule has 5 heteroatoms. The first-order chi connectivity index (χ1) is 14.0. The molecule has 0 aliphatic rings. The second-order valence-electron chi connectivity index (χ2n) is 7.57. The van der Waals surface area contributed by atoms with Gasteiger partial charge in [-0.2, -0.15) is 5.10 Å². The normalized spacial score (nSPS) is 11.0. The first kappa shape index (κ1) is 20.5. The summed E-state index contributed by atoms with van der Waals surface area (Å²) in [5, 5.41) is 14.1. The van der Waals surface area contributed by atoms with Crippen LogP contribution >= 0.6 is 0 Å². The number of aromatic carboxylic acids is 1. The van der Waals surface area contributed by atoms with Crippen LogP contribution in [0.25, 0.3) is 11.1 Å². The quantitative estimate of drug-likeness (QED) is 0.523. The maximum atomic E-state index is 11.5. The summed E-state index contributed by atoms with van der Waals surface area (Å²) in [5.41, 5.74) is 3.04. The molecule has 3 rings (SSSR count). The third-order valence-corrected chi connectivity index (χ3v) is 4.71. The predicted octanol–water partition coefficient (Wildman–Crippen LogP) is 5.01. The number of nitrogens with zero attached hydrogens (tertiary/aromatic N) is 3. The fourth-order valence-electron chi connectivity index (χ4n) is 3.31. The van der Waals surface area contributed by atoms with Gasteiger partial charge in [0.05, 0.1) is 5.56 Å². The van der Waals surface area contributed by atoms with E-state index >= 15 is 0 Å². The molecular formula is C24H27N3O2. The van der Waals surface area contributed by atoms with Gasteiger partial charge in [-0.3, -0.25) is 0 Å². The number of aromatic nitrogens is 3. The van der Waals surface area contributed by atoms with Gasteiger partial charge >= 0.3 is 5.97 Å². The van der Waals surface area contributed by atoms with Gasteiger partial charge in [-0.1, -0.05) is 62.4 Å². The maximum Gasteiger partial charge on any atom is 0.336 e. The highest BCUT2D eigenvalue weighted by atomic mass is 16.4. The van der Waals surface area contributed by atoms with Crippen LogP contribution < -0.4 is 0 Å². The molecule has 0 unspecified atom stereocenters. The molecule has 0 amide bonds. The molecule has 3 aromatic rings. The summed E-state index contributed by atoms with van der Waals surface area (Å²) in [6, 6.07) is 15.1. The smallest absolute Gasteiger partial charge is 0.336 e. The van der Waals surface area contributed by atoms with Gasteiger partial charge in [-0.05, 0) is 35.1 Å². The Morgan fingerprint density at radius 3 is 2.55 bits per heavy atom. The lowest BCUT2D eigenvalue weighted by molar-refractivity contribution is 0.0697. The van der Waals surface area contributed by atoms with Crippen molar-refractivity contribution in [1.82, 2.24) is 14.8 Å². The van der Waals surface area contributed by atoms with E-state index in [1.807, 2.05) is 47.2 Å². The minimum atomic E-state index is -0.919. The van der Waals surface area contributed by atoms with E-state index in [-0.39, 0.29) is 0 Å². The molecule has 1 heterocycles. The number of rotatable bonds is 9. The van der Waals surface area contributed by atoms with Crippen molar-refractivity contribution in [2.24, 2.45) is 5.92 Å². The number of carboxylic acid groups (broad SMARTS) is 1. The van der Waals surface area contributed by atoms with Crippen LogP contribution in [0.15, 0.2) is 61.2 Å². The summed E-state index contributed by atoms with van der Waals surface area (Å²) in [4.78, 5) is 16.2. The number of hydrogen-bond acceptors (Lipinski definition) is 3. The summed E-state index contributed by atoms with van der Waals surface area (Å²) in [6.07, 6.45) is 4.28. The molecule has 1 aromatic heterocycles. The fourth-order valence-corrected chi connectivity index (χ4v) is 3.31. The average molecular weight is 389 g/mol. The second kappa shape index (κ2) is 9.32. The highest BCUT2D eigenvalue weighted by Gasteiger charge is 2.13. The highest BCUT2D eigenvalue weighted by Crippen LogP contribution is 2.24. The van der Waals surface area contributed by atoms with Gasteiger partial charge in [0.1, 0.15) is 5.82 Å². The summed E-state index contributed by atoms with van der Waals surface area (Å²) in [5.74, 6) is 1.41. The first-order valence-corrected chi connectivity index (χ1v) is 9.93. The van der Waals surface area contributed by atoms with E-state index in [2.05, 4.69) is 25.5 Å². The monoisotopic (exact) mass is 389 g/mol. The molecule has 0 saturated heterocycles. The van der Waals surface area contributed by atoms with Gasteiger partial charge in [0.25, 0.3) is 0 Å². The first-order valence-electron chi connectivity index (χ1n) is 9.93. The van der Waals surface area contributed by atoms with E-state index < -0.39 is 5.97 Å². The SMILES string of the molecule is C=CCCn1nc(CC(C)C)nc1Cc1ccc(-c2ccccc2C(=O)O)cc1. The zero-order valence-corrected chi connectivity index (χ0v) is 17.0. The standard InChI is InChI=1S/C24H27N3O2/c1-4-5-14-27-23(25-22(26-27)15-17(2)3)16-18-10-12-19(13-11-18)20-8-6-7-9-21(20)24(28)29/h4,6-13,17H,1,5,14-16H2,2-3H3,(H,28,29). The Morgan fingerprint density at radius 2 is 1.90 bits per heavy atom. The van der Waals surface area contributed by atoms with Gasteiger partial charge in [-0.25, -0.2) is 14.5 Å². The third kappa shape index (κ3) is 5.19. The van der Waals surface area contributed by atoms with Crippen LogP contribution in [-0.4, -0.2) is 25.8 Å². The van der Waals surface area contributed by atoms with E-state index in [9.17, 15) is 9.90 Å². The summed E-state index contributed by atoms with van der Waals surface area (Å²) < 4.78 is 1.98. The predicted molar refractivity (Wildman–Crippen MR) is 115 cm³/mol. The van der Waals surface area contributed by atoms with Crippen molar-refractivity contribution in [3.63, 3.8) is 0 Å². The lowest BCUT2D eigenvalue weighted by Crippen LogP contribution is -2.06. The highest BCUT2D eigenvalue weighted by molar-refractivity contribution is 5.95. The Balaban J connectivity index is 1.83. The third-order valence-electron chi connectivity index (χ3n) is 4.71. The fraction of sp³-hybridized carbons (Fsp3) is 0.292. The lowest BCUT2D eigenvalue weighted by Gasteiger charge is -2.08. The molecular weight excluding hydrogens is 362 g/mol. The molecule has 150 valence electrons. The van der Waals surface area contributed by atoms with Crippen molar-refractivity contribution >= 4 is 5.97 Å². The van der Waals surface area contributed by atoms with Crippen LogP contribution in [-0.2, 0) is 19.4 Å². The van der Waals surface area contributed by atoms with Crippen molar-refractivity contribution < 1.29 is 9.90 Å². The van der Waals surface area contributed by atoms with Crippen molar-refractivity contribution in [3.8, 4) is 11.1 Å². The number of allylic oxidation sites excluding steroid dienone is 1. The summed E-state index contributed by atoms with van der Waals surface area (Å²) >= 11 is 0. The molecule has 29 heavy (non-hydrogen) atoms. The Kier molecular flexibility index (Phi) is 6.60. The lowest BCUT2D eigenvalue weighted by atomic mass is 9.98. The van der Waals surface area contributed by atoms with Gasteiger partial charge in [-0.15, -0.1) is 6.58 Å². The number of hydrogen-bond donors (Lipinski definition) is 1. The van der Waals surface area contributed by atoms with Crippen molar-refractivity contribution in [2.75, 3.05) is 0 Å². The van der Waals surface area contributed by atoms with E-state index in [0.717, 1.165) is 47.7 Å². The molecule has 0 bridgehead atoms. The van der Waals surface area contributed by atoms with Gasteiger partial charge < -0.3 is 5.11 Å². The van der Waals surface area contributed by atoms with Gasteiger partial charge in [0.2, 0.25) is 0 Å². The Morgan fingerprint density at radius 1 is 1.17 bits per heavy atom. The van der Waals surface area contributed by atoms with Crippen LogP contribution in [0.5, 0.6) is 0 Å². The number of carboxylic acids is 1. The van der Waals surface area contributed by atoms with E-state index in [4.69, 9.17) is 4.98 Å². The number of aryl methyl sites for hydroxylation is 1. The molecule has 5 nitrogen and oxygen atoms in total. The summed E-state index contributed by atoms with van der Waals surface area (Å²) in [6.45, 7) is 8.90. The van der Waals surface area contributed by atoms with Crippen LogP contribution in [0, 0.1) is 5.92 Å². The zero-order chi connectivity index (χ0) is 20.8. The van der Waals surface area contributed by atoms with Crippen LogP contribution in [0.1, 0.15) is 47.8 Å². The van der Waals surface area contributed by atoms with E-state index in [1.54, 1.807) is 12.1 Å². The maximum absolute atomic E-state index is 11.5. The topological polar surface area (TPSA) is 68.0 Å². The molecule has 0 aliphatic heterocycles. The number of carbonyl (C=O) groups is 1. The van der Waals surface area contributed by atoms with Crippen LogP contribution in [0.2, 0.25) is 0 Å². The molecule has 0 saturated carbocycles. The van der Waals surface area contributed by atoms with Crippen molar-refractivity contribution in [2.45, 2.75) is 39.7 Å².